The number of hydrogen-bond acceptors (Lipinski definition) is 3. The number of fused-ring (bicyclic) bond motifs is 3. The van der Waals surface area contributed by atoms with Crippen LogP contribution in [0.15, 0.2) is 176 Å². The molecule has 0 saturated carbocycles. The third kappa shape index (κ3) is 5.95. The summed E-state index contributed by atoms with van der Waals surface area (Å²) in [6.07, 6.45) is 1.97. The molecule has 2 aromatic heterocycles. The Balaban J connectivity index is 1.19. The number of rotatable bonds is 8. The largest absolute Gasteiger partial charge is 0.278 e. The highest BCUT2D eigenvalue weighted by Gasteiger charge is 2.19. The molecule has 0 unspecified atom stereocenters. The first-order valence-corrected chi connectivity index (χ1v) is 17.8. The SMILES string of the molecule is Cc1ccccc1-c1cc(-c2ccc3c(c2)c2ccccc2n3-c2nc(-c3ccccc3)nc(-c3ccccc3)n2)ccc1CCc1ccccc1. The van der Waals surface area contributed by atoms with Crippen molar-refractivity contribution in [2.24, 2.45) is 0 Å². The molecule has 7 aromatic carbocycles. The van der Waals surface area contributed by atoms with E-state index in [1.165, 1.54) is 38.9 Å². The Morgan fingerprint density at radius 2 is 1.00 bits per heavy atom. The maximum Gasteiger partial charge on any atom is 0.238 e. The summed E-state index contributed by atoms with van der Waals surface area (Å²) in [6.45, 7) is 2.21. The summed E-state index contributed by atoms with van der Waals surface area (Å²) in [6, 6.07) is 62.1. The molecule has 0 N–H and O–H groups in total. The van der Waals surface area contributed by atoms with E-state index in [0.29, 0.717) is 17.6 Å². The number of aryl methyl sites for hydroxylation is 3. The fourth-order valence-corrected chi connectivity index (χ4v) is 7.29. The second kappa shape index (κ2) is 13.6. The molecule has 52 heavy (non-hydrogen) atoms. The molecule has 0 atom stereocenters. The van der Waals surface area contributed by atoms with Gasteiger partial charge in [0, 0.05) is 21.9 Å². The maximum atomic E-state index is 5.10. The lowest BCUT2D eigenvalue weighted by Crippen LogP contribution is -2.06. The normalized spacial score (nSPS) is 11.3. The van der Waals surface area contributed by atoms with Gasteiger partial charge < -0.3 is 0 Å². The fraction of sp³-hybridized carbons (Fsp3) is 0.0625. The van der Waals surface area contributed by atoms with E-state index in [1.54, 1.807) is 0 Å². The van der Waals surface area contributed by atoms with Gasteiger partial charge in [0.05, 0.1) is 11.0 Å². The Bertz CT molecular complexity index is 2620. The van der Waals surface area contributed by atoms with E-state index in [2.05, 4.69) is 127 Å². The van der Waals surface area contributed by atoms with E-state index in [1.807, 2.05) is 60.7 Å². The maximum absolute atomic E-state index is 5.10. The van der Waals surface area contributed by atoms with E-state index in [9.17, 15) is 0 Å². The summed E-state index contributed by atoms with van der Waals surface area (Å²) in [5.41, 5.74) is 12.9. The fourth-order valence-electron chi connectivity index (χ4n) is 7.29. The predicted molar refractivity (Wildman–Crippen MR) is 214 cm³/mol. The number of para-hydroxylation sites is 1. The Hall–Kier alpha value is -6.65. The summed E-state index contributed by atoms with van der Waals surface area (Å²) in [5, 5.41) is 2.31. The summed E-state index contributed by atoms with van der Waals surface area (Å²) >= 11 is 0. The first-order valence-electron chi connectivity index (χ1n) is 17.8. The standard InChI is InChI=1S/C48H36N4/c1-33-15-11-12-22-40(33)42-31-38(28-27-35(42)26-25-34-16-5-2-6-17-34)39-29-30-45-43(32-39)41-23-13-14-24-44(41)52(45)48-50-46(36-18-7-3-8-19-36)49-47(51-48)37-20-9-4-10-21-37/h2-24,27-32H,25-26H2,1H3. The van der Waals surface area contributed by atoms with Crippen LogP contribution < -0.4 is 0 Å². The van der Waals surface area contributed by atoms with E-state index < -0.39 is 0 Å². The lowest BCUT2D eigenvalue weighted by molar-refractivity contribution is 0.953. The molecule has 0 aliphatic heterocycles. The number of nitrogens with zero attached hydrogens (tertiary/aromatic N) is 4. The average molecular weight is 669 g/mol. The molecule has 0 spiro atoms. The van der Waals surface area contributed by atoms with Gasteiger partial charge in [0.25, 0.3) is 0 Å². The molecule has 4 nitrogen and oxygen atoms in total. The highest BCUT2D eigenvalue weighted by Crippen LogP contribution is 2.37. The lowest BCUT2D eigenvalue weighted by Gasteiger charge is -2.15. The summed E-state index contributed by atoms with van der Waals surface area (Å²) in [5.74, 6) is 1.88. The van der Waals surface area contributed by atoms with Crippen molar-refractivity contribution in [2.45, 2.75) is 19.8 Å². The van der Waals surface area contributed by atoms with Crippen LogP contribution in [0.25, 0.3) is 72.8 Å². The minimum absolute atomic E-state index is 0.594. The molecular weight excluding hydrogens is 633 g/mol. The quantitative estimate of drug-likeness (QED) is 0.162. The van der Waals surface area contributed by atoms with Gasteiger partial charge in [-0.05, 0) is 83.0 Å². The van der Waals surface area contributed by atoms with Crippen molar-refractivity contribution in [3.63, 3.8) is 0 Å². The van der Waals surface area contributed by atoms with Crippen molar-refractivity contribution in [1.29, 1.82) is 0 Å². The Morgan fingerprint density at radius 3 is 1.71 bits per heavy atom. The van der Waals surface area contributed by atoms with Crippen LogP contribution in [0, 0.1) is 6.92 Å². The van der Waals surface area contributed by atoms with Gasteiger partial charge >= 0.3 is 0 Å². The van der Waals surface area contributed by atoms with E-state index in [4.69, 9.17) is 15.0 Å². The molecule has 2 heterocycles. The Morgan fingerprint density at radius 1 is 0.423 bits per heavy atom. The zero-order valence-corrected chi connectivity index (χ0v) is 28.9. The molecule has 0 fully saturated rings. The number of benzene rings is 7. The van der Waals surface area contributed by atoms with Crippen LogP contribution in [0.1, 0.15) is 16.7 Å². The molecule has 4 heteroatoms. The monoisotopic (exact) mass is 668 g/mol. The Labute approximate surface area is 303 Å². The van der Waals surface area contributed by atoms with E-state index in [-0.39, 0.29) is 0 Å². The van der Waals surface area contributed by atoms with Gasteiger partial charge in [0.15, 0.2) is 11.6 Å². The zero-order chi connectivity index (χ0) is 34.9. The predicted octanol–water partition coefficient (Wildman–Crippen LogP) is 11.7. The third-order valence-corrected chi connectivity index (χ3v) is 9.96. The smallest absolute Gasteiger partial charge is 0.238 e. The van der Waals surface area contributed by atoms with Crippen molar-refractivity contribution >= 4 is 21.8 Å². The molecule has 9 aromatic rings. The second-order valence-corrected chi connectivity index (χ2v) is 13.3. The van der Waals surface area contributed by atoms with Gasteiger partial charge in [-0.1, -0.05) is 152 Å². The molecule has 0 bridgehead atoms. The molecule has 248 valence electrons. The molecule has 0 aliphatic rings. The van der Waals surface area contributed by atoms with Gasteiger partial charge in [-0.15, -0.1) is 0 Å². The Kier molecular flexibility index (Phi) is 8.18. The molecule has 0 saturated heterocycles. The van der Waals surface area contributed by atoms with Crippen LogP contribution in [-0.4, -0.2) is 19.5 Å². The van der Waals surface area contributed by atoms with Crippen molar-refractivity contribution in [1.82, 2.24) is 19.5 Å². The van der Waals surface area contributed by atoms with Crippen molar-refractivity contribution in [2.75, 3.05) is 0 Å². The molecular formula is C48H36N4. The van der Waals surface area contributed by atoms with Crippen molar-refractivity contribution < 1.29 is 0 Å². The van der Waals surface area contributed by atoms with Crippen LogP contribution in [0.5, 0.6) is 0 Å². The van der Waals surface area contributed by atoms with Crippen molar-refractivity contribution in [3.05, 3.63) is 193 Å². The highest BCUT2D eigenvalue weighted by atomic mass is 15.2. The van der Waals surface area contributed by atoms with Crippen LogP contribution >= 0.6 is 0 Å². The van der Waals surface area contributed by atoms with Crippen LogP contribution in [0.3, 0.4) is 0 Å². The van der Waals surface area contributed by atoms with Gasteiger partial charge in [0.2, 0.25) is 5.95 Å². The average Bonchev–Trinajstić information content (AvgIpc) is 3.55. The van der Waals surface area contributed by atoms with Gasteiger partial charge in [-0.3, -0.25) is 4.57 Å². The number of hydrogen-bond donors (Lipinski definition) is 0. The van der Waals surface area contributed by atoms with E-state index >= 15 is 0 Å². The number of aromatic nitrogens is 4. The van der Waals surface area contributed by atoms with Crippen LogP contribution in [0.4, 0.5) is 0 Å². The topological polar surface area (TPSA) is 43.6 Å². The molecule has 0 radical (unpaired) electrons. The molecule has 0 amide bonds. The minimum atomic E-state index is 0.594. The zero-order valence-electron chi connectivity index (χ0n) is 28.9. The second-order valence-electron chi connectivity index (χ2n) is 13.3. The van der Waals surface area contributed by atoms with Gasteiger partial charge in [-0.25, -0.2) is 4.98 Å². The molecule has 9 rings (SSSR count). The lowest BCUT2D eigenvalue weighted by atomic mass is 9.89. The first kappa shape index (κ1) is 31.3. The third-order valence-electron chi connectivity index (χ3n) is 9.96. The van der Waals surface area contributed by atoms with Gasteiger partial charge in [-0.2, -0.15) is 9.97 Å². The molecule has 0 aliphatic carbocycles. The van der Waals surface area contributed by atoms with E-state index in [0.717, 1.165) is 45.8 Å². The first-order chi connectivity index (χ1) is 25.7. The van der Waals surface area contributed by atoms with Crippen molar-refractivity contribution in [3.8, 4) is 51.0 Å². The highest BCUT2D eigenvalue weighted by molar-refractivity contribution is 6.10. The minimum Gasteiger partial charge on any atom is -0.278 e. The van der Waals surface area contributed by atoms with Crippen LogP contribution in [-0.2, 0) is 12.8 Å². The van der Waals surface area contributed by atoms with Gasteiger partial charge in [0.1, 0.15) is 0 Å². The summed E-state index contributed by atoms with van der Waals surface area (Å²) in [7, 11) is 0. The summed E-state index contributed by atoms with van der Waals surface area (Å²) < 4.78 is 2.18. The summed E-state index contributed by atoms with van der Waals surface area (Å²) in [4.78, 5) is 15.1. The van der Waals surface area contributed by atoms with Crippen LogP contribution in [0.2, 0.25) is 0 Å².